The van der Waals surface area contributed by atoms with Gasteiger partial charge >= 0.3 is 0 Å². The molecule has 1 fully saturated rings. The summed E-state index contributed by atoms with van der Waals surface area (Å²) in [6.45, 7) is 1.79. The van der Waals surface area contributed by atoms with Crippen molar-refractivity contribution in [3.8, 4) is 5.69 Å². The van der Waals surface area contributed by atoms with Gasteiger partial charge in [0.05, 0.1) is 5.69 Å². The molecule has 2 N–H and O–H groups in total. The highest BCUT2D eigenvalue weighted by atomic mass is 19.2. The van der Waals surface area contributed by atoms with Gasteiger partial charge in [-0.25, -0.2) is 13.5 Å². The zero-order valence-electron chi connectivity index (χ0n) is 13.8. The van der Waals surface area contributed by atoms with Crippen molar-refractivity contribution in [3.05, 3.63) is 46.8 Å². The standard InChI is InChI=1S/C18H20F2N4O/c19-14-5-4-12(10-15(14)20)24-16-3-1-2-13(16)17(23-24)18(25)22-11-6-8-21-9-7-11/h4-5,10-11,21H,1-3,6-9H2,(H,22,25). The first-order valence-electron chi connectivity index (χ1n) is 8.71. The van der Waals surface area contributed by atoms with Crippen molar-refractivity contribution in [1.82, 2.24) is 20.4 Å². The third kappa shape index (κ3) is 3.04. The first-order chi connectivity index (χ1) is 12.1. The topological polar surface area (TPSA) is 59.0 Å². The summed E-state index contributed by atoms with van der Waals surface area (Å²) < 4.78 is 28.4. The van der Waals surface area contributed by atoms with Gasteiger partial charge in [-0.15, -0.1) is 0 Å². The number of halogens is 2. The minimum atomic E-state index is -0.916. The molecule has 132 valence electrons. The maximum absolute atomic E-state index is 13.6. The number of hydrogen-bond donors (Lipinski definition) is 2. The van der Waals surface area contributed by atoms with Crippen LogP contribution in [0.2, 0.25) is 0 Å². The number of rotatable bonds is 3. The average molecular weight is 346 g/mol. The number of nitrogens with one attached hydrogen (secondary N) is 2. The molecule has 0 radical (unpaired) electrons. The molecule has 7 heteroatoms. The van der Waals surface area contributed by atoms with Gasteiger partial charge in [-0.05, 0) is 57.3 Å². The molecule has 1 aliphatic carbocycles. The summed E-state index contributed by atoms with van der Waals surface area (Å²) in [5.41, 5.74) is 2.70. The van der Waals surface area contributed by atoms with E-state index in [1.54, 1.807) is 4.68 Å². The molecule has 4 rings (SSSR count). The molecule has 2 aromatic rings. The van der Waals surface area contributed by atoms with Crippen LogP contribution in [0.1, 0.15) is 41.0 Å². The fraction of sp³-hybridized carbons (Fsp3) is 0.444. The van der Waals surface area contributed by atoms with E-state index in [2.05, 4.69) is 15.7 Å². The van der Waals surface area contributed by atoms with E-state index in [0.717, 1.165) is 68.6 Å². The quantitative estimate of drug-likeness (QED) is 0.895. The molecule has 0 spiro atoms. The second-order valence-corrected chi connectivity index (χ2v) is 6.64. The number of carbonyl (C=O) groups excluding carboxylic acids is 1. The predicted molar refractivity (Wildman–Crippen MR) is 88.9 cm³/mol. The molecule has 0 saturated carbocycles. The van der Waals surface area contributed by atoms with Gasteiger partial charge in [-0.3, -0.25) is 4.79 Å². The number of aromatic nitrogens is 2. The van der Waals surface area contributed by atoms with E-state index in [4.69, 9.17) is 0 Å². The minimum Gasteiger partial charge on any atom is -0.348 e. The van der Waals surface area contributed by atoms with Crippen LogP contribution in [0, 0.1) is 11.6 Å². The summed E-state index contributed by atoms with van der Waals surface area (Å²) in [7, 11) is 0. The Kier molecular flexibility index (Phi) is 4.25. The molecule has 1 aromatic heterocycles. The Hall–Kier alpha value is -2.28. The Labute approximate surface area is 144 Å². The Morgan fingerprint density at radius 1 is 1.20 bits per heavy atom. The normalized spacial score (nSPS) is 17.5. The van der Waals surface area contributed by atoms with E-state index in [0.29, 0.717) is 11.4 Å². The van der Waals surface area contributed by atoms with Crippen LogP contribution >= 0.6 is 0 Å². The largest absolute Gasteiger partial charge is 0.348 e. The van der Waals surface area contributed by atoms with Crippen LogP contribution in [0.15, 0.2) is 18.2 Å². The van der Waals surface area contributed by atoms with E-state index in [1.807, 2.05) is 0 Å². The van der Waals surface area contributed by atoms with Crippen LogP contribution in [0.5, 0.6) is 0 Å². The Bertz CT molecular complexity index is 812. The van der Waals surface area contributed by atoms with Gasteiger partial charge in [-0.1, -0.05) is 0 Å². The zero-order chi connectivity index (χ0) is 17.4. The van der Waals surface area contributed by atoms with Crippen molar-refractivity contribution in [2.24, 2.45) is 0 Å². The van der Waals surface area contributed by atoms with Gasteiger partial charge in [-0.2, -0.15) is 5.10 Å². The van der Waals surface area contributed by atoms with Gasteiger partial charge in [0.1, 0.15) is 0 Å². The van der Waals surface area contributed by atoms with E-state index in [-0.39, 0.29) is 11.9 Å². The maximum Gasteiger partial charge on any atom is 0.272 e. The first-order valence-corrected chi connectivity index (χ1v) is 8.71. The Morgan fingerprint density at radius 3 is 2.76 bits per heavy atom. The number of nitrogens with zero attached hydrogens (tertiary/aromatic N) is 2. The van der Waals surface area contributed by atoms with Crippen LogP contribution in [-0.4, -0.2) is 34.8 Å². The summed E-state index contributed by atoms with van der Waals surface area (Å²) in [5, 5.41) is 10.8. The van der Waals surface area contributed by atoms with Crippen LogP contribution in [0.25, 0.3) is 5.69 Å². The van der Waals surface area contributed by atoms with Gasteiger partial charge in [0, 0.05) is 23.4 Å². The molecule has 5 nitrogen and oxygen atoms in total. The summed E-state index contributed by atoms with van der Waals surface area (Å²) in [4.78, 5) is 12.7. The van der Waals surface area contributed by atoms with Crippen molar-refractivity contribution in [2.45, 2.75) is 38.1 Å². The van der Waals surface area contributed by atoms with Crippen LogP contribution in [-0.2, 0) is 12.8 Å². The molecule has 1 aliphatic heterocycles. The monoisotopic (exact) mass is 346 g/mol. The number of benzene rings is 1. The van der Waals surface area contributed by atoms with Gasteiger partial charge in [0.25, 0.3) is 5.91 Å². The second kappa shape index (κ2) is 6.55. The second-order valence-electron chi connectivity index (χ2n) is 6.64. The lowest BCUT2D eigenvalue weighted by Crippen LogP contribution is -2.43. The molecule has 0 atom stereocenters. The molecule has 1 aromatic carbocycles. The first kappa shape index (κ1) is 16.2. The molecule has 25 heavy (non-hydrogen) atoms. The Morgan fingerprint density at radius 2 is 2.00 bits per heavy atom. The molecule has 2 aliphatic rings. The van der Waals surface area contributed by atoms with Gasteiger partial charge in [0.2, 0.25) is 0 Å². The highest BCUT2D eigenvalue weighted by Gasteiger charge is 2.28. The molecule has 1 saturated heterocycles. The number of piperidine rings is 1. The zero-order valence-corrected chi connectivity index (χ0v) is 13.8. The molecular weight excluding hydrogens is 326 g/mol. The van der Waals surface area contributed by atoms with Crippen molar-refractivity contribution >= 4 is 5.91 Å². The van der Waals surface area contributed by atoms with Crippen LogP contribution in [0.4, 0.5) is 8.78 Å². The van der Waals surface area contributed by atoms with E-state index in [9.17, 15) is 13.6 Å². The van der Waals surface area contributed by atoms with Crippen molar-refractivity contribution in [2.75, 3.05) is 13.1 Å². The Balaban J connectivity index is 1.65. The van der Waals surface area contributed by atoms with Gasteiger partial charge in [0.15, 0.2) is 17.3 Å². The van der Waals surface area contributed by atoms with Crippen LogP contribution in [0.3, 0.4) is 0 Å². The lowest BCUT2D eigenvalue weighted by molar-refractivity contribution is 0.0923. The number of carbonyl (C=O) groups is 1. The van der Waals surface area contributed by atoms with E-state index < -0.39 is 11.6 Å². The average Bonchev–Trinajstić information content (AvgIpc) is 3.20. The highest BCUT2D eigenvalue weighted by Crippen LogP contribution is 2.28. The maximum atomic E-state index is 13.6. The lowest BCUT2D eigenvalue weighted by Gasteiger charge is -2.23. The third-order valence-electron chi connectivity index (χ3n) is 4.97. The fourth-order valence-corrected chi connectivity index (χ4v) is 3.67. The summed E-state index contributed by atoms with van der Waals surface area (Å²) in [6.07, 6.45) is 4.30. The smallest absolute Gasteiger partial charge is 0.272 e. The molecule has 2 heterocycles. The molecular formula is C18H20F2N4O. The molecule has 1 amide bonds. The molecule has 0 unspecified atom stereocenters. The fourth-order valence-electron chi connectivity index (χ4n) is 3.67. The summed E-state index contributed by atoms with van der Waals surface area (Å²) in [6, 6.07) is 3.84. The van der Waals surface area contributed by atoms with E-state index in [1.165, 1.54) is 6.07 Å². The van der Waals surface area contributed by atoms with E-state index >= 15 is 0 Å². The minimum absolute atomic E-state index is 0.152. The lowest BCUT2D eigenvalue weighted by atomic mass is 10.1. The van der Waals surface area contributed by atoms with Crippen LogP contribution < -0.4 is 10.6 Å². The number of hydrogen-bond acceptors (Lipinski definition) is 3. The van der Waals surface area contributed by atoms with Crippen molar-refractivity contribution in [3.63, 3.8) is 0 Å². The number of fused-ring (bicyclic) bond motifs is 1. The summed E-state index contributed by atoms with van der Waals surface area (Å²) >= 11 is 0. The molecule has 0 bridgehead atoms. The van der Waals surface area contributed by atoms with Crippen molar-refractivity contribution in [1.29, 1.82) is 0 Å². The number of amides is 1. The predicted octanol–water partition coefficient (Wildman–Crippen LogP) is 2.12. The SMILES string of the molecule is O=C(NC1CCNCC1)c1nn(-c2ccc(F)c(F)c2)c2c1CCC2. The third-order valence-corrected chi connectivity index (χ3v) is 4.97. The van der Waals surface area contributed by atoms with Gasteiger partial charge < -0.3 is 10.6 Å². The summed E-state index contributed by atoms with van der Waals surface area (Å²) in [5.74, 6) is -1.98. The highest BCUT2D eigenvalue weighted by molar-refractivity contribution is 5.94. The van der Waals surface area contributed by atoms with Crippen molar-refractivity contribution < 1.29 is 13.6 Å².